The van der Waals surface area contributed by atoms with Crippen molar-refractivity contribution in [3.8, 4) is 0 Å². The van der Waals surface area contributed by atoms with E-state index in [2.05, 4.69) is 12.2 Å². The molecule has 1 aliphatic heterocycles. The minimum atomic E-state index is -0.496. The molecule has 2 unspecified atom stereocenters. The smallest absolute Gasteiger partial charge is 0.242 e. The van der Waals surface area contributed by atoms with Gasteiger partial charge in [-0.3, -0.25) is 4.79 Å². The molecular weight excluding hydrogens is 204 g/mol. The molecule has 16 heavy (non-hydrogen) atoms. The molecule has 0 bridgehead atoms. The van der Waals surface area contributed by atoms with Crippen LogP contribution in [0.15, 0.2) is 0 Å². The average Bonchev–Trinajstić information content (AvgIpc) is 2.28. The Balaban J connectivity index is 2.78. The fourth-order valence-corrected chi connectivity index (χ4v) is 1.90. The van der Waals surface area contributed by atoms with Gasteiger partial charge in [-0.1, -0.05) is 6.92 Å². The van der Waals surface area contributed by atoms with Crippen LogP contribution in [0.4, 0.5) is 0 Å². The number of nitrogens with zero attached hydrogens (tertiary/aromatic N) is 1. The summed E-state index contributed by atoms with van der Waals surface area (Å²) >= 11 is 0. The summed E-state index contributed by atoms with van der Waals surface area (Å²) < 4.78 is 5.59. The number of hydrogen-bond acceptors (Lipinski definition) is 3. The maximum Gasteiger partial charge on any atom is 0.242 e. The molecule has 1 heterocycles. The lowest BCUT2D eigenvalue weighted by Crippen LogP contribution is -2.60. The average molecular weight is 228 g/mol. The van der Waals surface area contributed by atoms with E-state index >= 15 is 0 Å². The van der Waals surface area contributed by atoms with Gasteiger partial charge in [0.25, 0.3) is 0 Å². The van der Waals surface area contributed by atoms with Crippen LogP contribution in [0, 0.1) is 0 Å². The standard InChI is InChI=1S/C12H24N2O2/c1-6-10-8-16-9(2)7-14(10)11(15)12(3,4)13-5/h9-10,13H,6-8H2,1-5H3. The molecule has 0 radical (unpaired) electrons. The van der Waals surface area contributed by atoms with Gasteiger partial charge in [0.1, 0.15) is 0 Å². The maximum atomic E-state index is 12.4. The Kier molecular flexibility index (Phi) is 4.33. The van der Waals surface area contributed by atoms with E-state index in [0.29, 0.717) is 13.2 Å². The largest absolute Gasteiger partial charge is 0.375 e. The fraction of sp³-hybridized carbons (Fsp3) is 0.917. The first-order valence-corrected chi connectivity index (χ1v) is 6.04. The monoisotopic (exact) mass is 228 g/mol. The number of carbonyl (C=O) groups is 1. The van der Waals surface area contributed by atoms with Gasteiger partial charge >= 0.3 is 0 Å². The summed E-state index contributed by atoms with van der Waals surface area (Å²) in [4.78, 5) is 14.3. The molecule has 4 nitrogen and oxygen atoms in total. The third-order valence-electron chi connectivity index (χ3n) is 3.36. The SMILES string of the molecule is CCC1COC(C)CN1C(=O)C(C)(C)NC. The van der Waals surface area contributed by atoms with Crippen LogP contribution in [0.25, 0.3) is 0 Å². The zero-order valence-corrected chi connectivity index (χ0v) is 11.0. The topological polar surface area (TPSA) is 41.6 Å². The van der Waals surface area contributed by atoms with Crippen molar-refractivity contribution in [2.45, 2.75) is 51.8 Å². The molecule has 0 aliphatic carbocycles. The normalized spacial score (nSPS) is 26.9. The van der Waals surface area contributed by atoms with E-state index < -0.39 is 5.54 Å². The van der Waals surface area contributed by atoms with Gasteiger partial charge in [0, 0.05) is 6.54 Å². The summed E-state index contributed by atoms with van der Waals surface area (Å²) in [6.45, 7) is 9.30. The Morgan fingerprint density at radius 2 is 2.19 bits per heavy atom. The Hall–Kier alpha value is -0.610. The van der Waals surface area contributed by atoms with Gasteiger partial charge in [0.2, 0.25) is 5.91 Å². The third-order valence-corrected chi connectivity index (χ3v) is 3.36. The third kappa shape index (κ3) is 2.74. The molecule has 4 heteroatoms. The molecule has 0 spiro atoms. The van der Waals surface area contributed by atoms with Crippen LogP contribution in [0.2, 0.25) is 0 Å². The zero-order chi connectivity index (χ0) is 12.3. The second-order valence-corrected chi connectivity index (χ2v) is 5.04. The number of nitrogens with one attached hydrogen (secondary N) is 1. The first-order valence-electron chi connectivity index (χ1n) is 6.04. The molecule has 1 fully saturated rings. The minimum Gasteiger partial charge on any atom is -0.375 e. The summed E-state index contributed by atoms with van der Waals surface area (Å²) in [7, 11) is 1.82. The van der Waals surface area contributed by atoms with Crippen molar-refractivity contribution in [3.05, 3.63) is 0 Å². The van der Waals surface area contributed by atoms with Crippen LogP contribution in [0.5, 0.6) is 0 Å². The van der Waals surface area contributed by atoms with Crippen LogP contribution in [0.3, 0.4) is 0 Å². The van der Waals surface area contributed by atoms with Crippen molar-refractivity contribution in [1.29, 1.82) is 0 Å². The highest BCUT2D eigenvalue weighted by atomic mass is 16.5. The van der Waals surface area contributed by atoms with Gasteiger partial charge in [-0.15, -0.1) is 0 Å². The Bertz CT molecular complexity index is 253. The van der Waals surface area contributed by atoms with Crippen molar-refractivity contribution in [2.75, 3.05) is 20.2 Å². The first-order chi connectivity index (χ1) is 7.42. The second-order valence-electron chi connectivity index (χ2n) is 5.04. The van der Waals surface area contributed by atoms with Crippen molar-refractivity contribution < 1.29 is 9.53 Å². The van der Waals surface area contributed by atoms with Crippen molar-refractivity contribution in [2.24, 2.45) is 0 Å². The fourth-order valence-electron chi connectivity index (χ4n) is 1.90. The predicted octanol–water partition coefficient (Wildman–Crippen LogP) is 1.01. The second kappa shape index (κ2) is 5.15. The van der Waals surface area contributed by atoms with Crippen LogP contribution in [-0.4, -0.2) is 48.7 Å². The summed E-state index contributed by atoms with van der Waals surface area (Å²) in [6, 6.07) is 0.219. The number of hydrogen-bond donors (Lipinski definition) is 1. The molecule has 1 rings (SSSR count). The van der Waals surface area contributed by atoms with E-state index in [1.54, 1.807) is 0 Å². The quantitative estimate of drug-likeness (QED) is 0.784. The molecule has 0 aromatic rings. The van der Waals surface area contributed by atoms with Gasteiger partial charge in [-0.2, -0.15) is 0 Å². The molecule has 0 saturated carbocycles. The molecule has 0 aromatic heterocycles. The highest BCUT2D eigenvalue weighted by molar-refractivity contribution is 5.85. The molecule has 94 valence electrons. The molecule has 1 aliphatic rings. The van der Waals surface area contributed by atoms with Crippen LogP contribution >= 0.6 is 0 Å². The van der Waals surface area contributed by atoms with Gasteiger partial charge in [-0.05, 0) is 34.2 Å². The Morgan fingerprint density at radius 3 is 2.69 bits per heavy atom. The first kappa shape index (κ1) is 13.5. The number of carbonyl (C=O) groups excluding carboxylic acids is 1. The minimum absolute atomic E-state index is 0.138. The Morgan fingerprint density at radius 1 is 1.56 bits per heavy atom. The van der Waals surface area contributed by atoms with E-state index in [1.807, 2.05) is 32.7 Å². The van der Waals surface area contributed by atoms with Gasteiger partial charge < -0.3 is 15.0 Å². The summed E-state index contributed by atoms with van der Waals surface area (Å²) in [5.74, 6) is 0.164. The van der Waals surface area contributed by atoms with E-state index in [0.717, 1.165) is 6.42 Å². The van der Waals surface area contributed by atoms with Gasteiger partial charge in [0.15, 0.2) is 0 Å². The molecule has 1 N–H and O–H groups in total. The highest BCUT2D eigenvalue weighted by Crippen LogP contribution is 2.18. The van der Waals surface area contributed by atoms with Gasteiger partial charge in [0.05, 0.1) is 24.3 Å². The van der Waals surface area contributed by atoms with Crippen molar-refractivity contribution in [1.82, 2.24) is 10.2 Å². The van der Waals surface area contributed by atoms with E-state index in [1.165, 1.54) is 0 Å². The summed E-state index contributed by atoms with van der Waals surface area (Å²) in [6.07, 6.45) is 1.08. The highest BCUT2D eigenvalue weighted by Gasteiger charge is 2.36. The van der Waals surface area contributed by atoms with Crippen LogP contribution in [-0.2, 0) is 9.53 Å². The number of ether oxygens (including phenoxy) is 1. The number of rotatable bonds is 3. The molecule has 1 amide bonds. The predicted molar refractivity (Wildman–Crippen MR) is 64.3 cm³/mol. The lowest BCUT2D eigenvalue weighted by Gasteiger charge is -2.42. The Labute approximate surface area is 98.3 Å². The molecule has 1 saturated heterocycles. The van der Waals surface area contributed by atoms with E-state index in [4.69, 9.17) is 4.74 Å². The van der Waals surface area contributed by atoms with Crippen LogP contribution in [0.1, 0.15) is 34.1 Å². The zero-order valence-electron chi connectivity index (χ0n) is 11.0. The summed E-state index contributed by atoms with van der Waals surface area (Å²) in [5, 5.41) is 3.07. The van der Waals surface area contributed by atoms with Crippen molar-refractivity contribution in [3.63, 3.8) is 0 Å². The van der Waals surface area contributed by atoms with E-state index in [-0.39, 0.29) is 18.1 Å². The number of morpholine rings is 1. The van der Waals surface area contributed by atoms with Gasteiger partial charge in [-0.25, -0.2) is 0 Å². The van der Waals surface area contributed by atoms with Crippen LogP contribution < -0.4 is 5.32 Å². The lowest BCUT2D eigenvalue weighted by atomic mass is 10.0. The lowest BCUT2D eigenvalue weighted by molar-refractivity contribution is -0.150. The van der Waals surface area contributed by atoms with Crippen molar-refractivity contribution >= 4 is 5.91 Å². The number of likely N-dealkylation sites (N-methyl/N-ethyl adjacent to an activating group) is 1. The maximum absolute atomic E-state index is 12.4. The molecule has 2 atom stereocenters. The summed E-state index contributed by atoms with van der Waals surface area (Å²) in [5.41, 5.74) is -0.496. The molecular formula is C12H24N2O2. The molecule has 0 aromatic carbocycles. The van der Waals surface area contributed by atoms with E-state index in [9.17, 15) is 4.79 Å². The number of amides is 1.